The van der Waals surface area contributed by atoms with Crippen molar-refractivity contribution in [3.05, 3.63) is 71.0 Å². The smallest absolute Gasteiger partial charge is 0.262 e. The van der Waals surface area contributed by atoms with Gasteiger partial charge in [-0.2, -0.15) is 5.10 Å². The number of benzene rings is 2. The summed E-state index contributed by atoms with van der Waals surface area (Å²) in [4.78, 5) is 14.4. The molecule has 5 nitrogen and oxygen atoms in total. The lowest BCUT2D eigenvalue weighted by molar-refractivity contribution is 0.0933. The minimum Gasteiger partial charge on any atom is -0.369 e. The fourth-order valence-corrected chi connectivity index (χ4v) is 3.91. The van der Waals surface area contributed by atoms with Crippen molar-refractivity contribution in [1.82, 2.24) is 9.78 Å². The maximum absolute atomic E-state index is 13.4. The van der Waals surface area contributed by atoms with Crippen LogP contribution >= 0.6 is 0 Å². The summed E-state index contributed by atoms with van der Waals surface area (Å²) in [6, 6.07) is 13.4. The van der Waals surface area contributed by atoms with E-state index in [9.17, 15) is 14.3 Å². The predicted molar refractivity (Wildman–Crippen MR) is 98.8 cm³/mol. The summed E-state index contributed by atoms with van der Waals surface area (Å²) in [5.41, 5.74) is 3.75. The number of anilines is 1. The summed E-state index contributed by atoms with van der Waals surface area (Å²) in [5, 5.41) is 15.4. The van der Waals surface area contributed by atoms with Crippen LogP contribution in [0.4, 0.5) is 10.2 Å². The molecule has 2 heterocycles. The van der Waals surface area contributed by atoms with Crippen molar-refractivity contribution in [1.29, 1.82) is 0 Å². The van der Waals surface area contributed by atoms with Crippen LogP contribution in [0.2, 0.25) is 0 Å². The number of hydrogen-bond acceptors (Lipinski definition) is 3. The molecule has 3 aromatic rings. The zero-order valence-electron chi connectivity index (χ0n) is 14.8. The summed E-state index contributed by atoms with van der Waals surface area (Å²) in [6.45, 7) is 0. The molecule has 1 aliphatic heterocycles. The van der Waals surface area contributed by atoms with Gasteiger partial charge in [-0.05, 0) is 49.1 Å². The molecule has 0 radical (unpaired) electrons. The Morgan fingerprint density at radius 2 is 1.81 bits per heavy atom. The van der Waals surface area contributed by atoms with Crippen LogP contribution in [-0.4, -0.2) is 20.8 Å². The van der Waals surface area contributed by atoms with Gasteiger partial charge in [0, 0.05) is 29.3 Å². The molecule has 1 amide bonds. The van der Waals surface area contributed by atoms with Crippen LogP contribution in [0, 0.1) is 5.82 Å². The second kappa shape index (κ2) is 5.76. The average Bonchev–Trinajstić information content (AvgIpc) is 3.41. The van der Waals surface area contributed by atoms with Gasteiger partial charge < -0.3 is 5.11 Å². The number of aliphatic hydroxyl groups excluding tert-OH is 1. The SMILES string of the molecule is Cn1nc(N2C(=O)c3ccccc3C2O)c(C2CC2)c1-c1ccc(F)cc1. The zero-order chi connectivity index (χ0) is 18.7. The topological polar surface area (TPSA) is 58.4 Å². The first-order valence-electron chi connectivity index (χ1n) is 8.99. The Bertz CT molecular complexity index is 1050. The molecule has 6 heteroatoms. The number of hydrogen-bond donors (Lipinski definition) is 1. The molecular weight excluding hydrogens is 345 g/mol. The Kier molecular flexibility index (Phi) is 3.45. The lowest BCUT2D eigenvalue weighted by atomic mass is 10.0. The molecule has 1 atom stereocenters. The Morgan fingerprint density at radius 1 is 1.11 bits per heavy atom. The molecule has 2 aliphatic rings. The lowest BCUT2D eigenvalue weighted by Crippen LogP contribution is -2.28. The number of aromatic nitrogens is 2. The van der Waals surface area contributed by atoms with Gasteiger partial charge in [0.15, 0.2) is 12.0 Å². The molecule has 1 aliphatic carbocycles. The van der Waals surface area contributed by atoms with Crippen molar-refractivity contribution in [2.75, 3.05) is 4.90 Å². The van der Waals surface area contributed by atoms with Crippen molar-refractivity contribution in [3.63, 3.8) is 0 Å². The average molecular weight is 363 g/mol. The van der Waals surface area contributed by atoms with Gasteiger partial charge >= 0.3 is 0 Å². The molecular formula is C21H18FN3O2. The monoisotopic (exact) mass is 363 g/mol. The van der Waals surface area contributed by atoms with Crippen molar-refractivity contribution in [2.24, 2.45) is 7.05 Å². The summed E-state index contributed by atoms with van der Waals surface area (Å²) in [5.74, 6) is 0.240. The van der Waals surface area contributed by atoms with E-state index in [1.165, 1.54) is 17.0 Å². The molecule has 2 aromatic carbocycles. The predicted octanol–water partition coefficient (Wildman–Crippen LogP) is 3.75. The first-order valence-corrected chi connectivity index (χ1v) is 8.99. The van der Waals surface area contributed by atoms with Crippen molar-refractivity contribution in [3.8, 4) is 11.3 Å². The van der Waals surface area contributed by atoms with Crippen LogP contribution < -0.4 is 4.90 Å². The number of carbonyl (C=O) groups is 1. The van der Waals surface area contributed by atoms with Gasteiger partial charge in [0.2, 0.25) is 0 Å². The van der Waals surface area contributed by atoms with E-state index in [0.29, 0.717) is 16.9 Å². The third-order valence-electron chi connectivity index (χ3n) is 5.33. The highest BCUT2D eigenvalue weighted by molar-refractivity contribution is 6.11. The number of aryl methyl sites for hydroxylation is 1. The van der Waals surface area contributed by atoms with E-state index in [1.54, 1.807) is 35.0 Å². The molecule has 0 spiro atoms. The molecule has 136 valence electrons. The van der Waals surface area contributed by atoms with E-state index < -0.39 is 6.23 Å². The first-order chi connectivity index (χ1) is 13.1. The minimum atomic E-state index is -1.05. The Balaban J connectivity index is 1.67. The summed E-state index contributed by atoms with van der Waals surface area (Å²) in [7, 11) is 1.81. The highest BCUT2D eigenvalue weighted by Gasteiger charge is 2.42. The van der Waals surface area contributed by atoms with Crippen LogP contribution in [0.5, 0.6) is 0 Å². The van der Waals surface area contributed by atoms with Gasteiger partial charge in [0.05, 0.1) is 5.69 Å². The van der Waals surface area contributed by atoms with Gasteiger partial charge in [-0.3, -0.25) is 14.4 Å². The third kappa shape index (κ3) is 2.40. The highest BCUT2D eigenvalue weighted by Crippen LogP contribution is 2.50. The van der Waals surface area contributed by atoms with E-state index >= 15 is 0 Å². The van der Waals surface area contributed by atoms with Gasteiger partial charge in [-0.15, -0.1) is 0 Å². The van der Waals surface area contributed by atoms with E-state index in [-0.39, 0.29) is 17.6 Å². The molecule has 5 rings (SSSR count). The molecule has 0 bridgehead atoms. The van der Waals surface area contributed by atoms with E-state index in [0.717, 1.165) is 29.7 Å². The van der Waals surface area contributed by atoms with Crippen molar-refractivity contribution < 1.29 is 14.3 Å². The van der Waals surface area contributed by atoms with Crippen LogP contribution in [0.3, 0.4) is 0 Å². The van der Waals surface area contributed by atoms with E-state index in [4.69, 9.17) is 0 Å². The number of fused-ring (bicyclic) bond motifs is 1. The Labute approximate surface area is 155 Å². The maximum Gasteiger partial charge on any atom is 0.262 e. The lowest BCUT2D eigenvalue weighted by Gasteiger charge is -2.20. The quantitative estimate of drug-likeness (QED) is 0.771. The summed E-state index contributed by atoms with van der Waals surface area (Å²) in [6.07, 6.45) is 0.970. The summed E-state index contributed by atoms with van der Waals surface area (Å²) < 4.78 is 15.1. The van der Waals surface area contributed by atoms with Gasteiger partial charge in [0.1, 0.15) is 5.82 Å². The second-order valence-corrected chi connectivity index (χ2v) is 7.13. The van der Waals surface area contributed by atoms with Crippen LogP contribution in [-0.2, 0) is 7.05 Å². The van der Waals surface area contributed by atoms with Crippen LogP contribution in [0.1, 0.15) is 46.5 Å². The fraction of sp³-hybridized carbons (Fsp3) is 0.238. The summed E-state index contributed by atoms with van der Waals surface area (Å²) >= 11 is 0. The molecule has 27 heavy (non-hydrogen) atoms. The van der Waals surface area contributed by atoms with Crippen molar-refractivity contribution in [2.45, 2.75) is 25.0 Å². The number of amides is 1. The second-order valence-electron chi connectivity index (χ2n) is 7.13. The maximum atomic E-state index is 13.4. The third-order valence-corrected chi connectivity index (χ3v) is 5.33. The molecule has 1 fully saturated rings. The fourth-order valence-electron chi connectivity index (χ4n) is 3.91. The number of halogens is 1. The minimum absolute atomic E-state index is 0.247. The molecule has 1 saturated carbocycles. The number of nitrogens with zero attached hydrogens (tertiary/aromatic N) is 3. The van der Waals surface area contributed by atoms with Crippen molar-refractivity contribution >= 4 is 11.7 Å². The highest BCUT2D eigenvalue weighted by atomic mass is 19.1. The van der Waals surface area contributed by atoms with E-state index in [1.807, 2.05) is 13.1 Å². The largest absolute Gasteiger partial charge is 0.369 e. The Morgan fingerprint density at radius 3 is 2.48 bits per heavy atom. The number of rotatable bonds is 3. The van der Waals surface area contributed by atoms with Gasteiger partial charge in [-0.25, -0.2) is 4.39 Å². The molecule has 1 N–H and O–H groups in total. The number of carbonyl (C=O) groups excluding carboxylic acids is 1. The number of aliphatic hydroxyl groups is 1. The standard InChI is InChI=1S/C21H18FN3O2/c1-24-18(13-8-10-14(22)11-9-13)17(12-6-7-12)19(23-24)25-20(26)15-4-2-3-5-16(15)21(25)27/h2-5,8-12,20,26H,6-7H2,1H3. The van der Waals surface area contributed by atoms with Crippen LogP contribution in [0.15, 0.2) is 48.5 Å². The van der Waals surface area contributed by atoms with Gasteiger partial charge in [-0.1, -0.05) is 18.2 Å². The molecule has 0 saturated heterocycles. The molecule has 1 aromatic heterocycles. The molecule has 1 unspecified atom stereocenters. The Hall–Kier alpha value is -2.99. The van der Waals surface area contributed by atoms with E-state index in [2.05, 4.69) is 5.10 Å². The van der Waals surface area contributed by atoms with Gasteiger partial charge in [0.25, 0.3) is 5.91 Å². The zero-order valence-corrected chi connectivity index (χ0v) is 14.8. The normalized spacial score (nSPS) is 18.9. The first kappa shape index (κ1) is 16.2. The van der Waals surface area contributed by atoms with Crippen LogP contribution in [0.25, 0.3) is 11.3 Å².